The quantitative estimate of drug-likeness (QED) is 0.614. The van der Waals surface area contributed by atoms with Gasteiger partial charge >= 0.3 is 0 Å². The zero-order chi connectivity index (χ0) is 6.69. The molecule has 1 aromatic heterocycles. The zero-order valence-electron chi connectivity index (χ0n) is 5.21. The van der Waals surface area contributed by atoms with E-state index in [4.69, 9.17) is 0 Å². The van der Waals surface area contributed by atoms with Crippen molar-refractivity contribution >= 4 is 15.9 Å². The van der Waals surface area contributed by atoms with E-state index in [9.17, 15) is 0 Å². The molecular formula is C7H8BrN. The van der Waals surface area contributed by atoms with Gasteiger partial charge in [-0.1, -0.05) is 22.0 Å². The van der Waals surface area contributed by atoms with Crippen LogP contribution in [0.3, 0.4) is 0 Å². The molecule has 0 unspecified atom stereocenters. The zero-order valence-corrected chi connectivity index (χ0v) is 6.80. The monoisotopic (exact) mass is 185 g/mol. The molecule has 0 fully saturated rings. The maximum Gasteiger partial charge on any atom is 0.0539 e. The summed E-state index contributed by atoms with van der Waals surface area (Å²) >= 11 is 3.42. The number of rotatable bonds is 1. The summed E-state index contributed by atoms with van der Waals surface area (Å²) in [5.41, 5.74) is 1.08. The summed E-state index contributed by atoms with van der Waals surface area (Å²) in [7, 11) is 0. The van der Waals surface area contributed by atoms with Crippen molar-refractivity contribution < 1.29 is 0 Å². The Morgan fingerprint density at radius 3 is 2.67 bits per heavy atom. The van der Waals surface area contributed by atoms with Crippen molar-refractivity contribution in [2.24, 2.45) is 0 Å². The molecule has 0 N–H and O–H groups in total. The summed E-state index contributed by atoms with van der Waals surface area (Å²) < 4.78 is 0. The largest absolute Gasteiger partial charge is 0.260 e. The SMILES string of the molecule is C[C@@H](Br)c1ccccn1. The minimum absolute atomic E-state index is 0.360. The molecule has 2 heteroatoms. The van der Waals surface area contributed by atoms with Crippen LogP contribution in [0.25, 0.3) is 0 Å². The van der Waals surface area contributed by atoms with Crippen LogP contribution >= 0.6 is 15.9 Å². The molecule has 0 saturated carbocycles. The Balaban J connectivity index is 2.85. The van der Waals surface area contributed by atoms with Crippen LogP contribution in [0.1, 0.15) is 17.4 Å². The highest BCUT2D eigenvalue weighted by molar-refractivity contribution is 9.09. The standard InChI is InChI=1S/C7H8BrN/c1-6(8)7-4-2-3-5-9-7/h2-6H,1H3/t6-/m1/s1. The number of aromatic nitrogens is 1. The van der Waals surface area contributed by atoms with Gasteiger partial charge in [0.05, 0.1) is 10.5 Å². The fraction of sp³-hybridized carbons (Fsp3) is 0.286. The summed E-state index contributed by atoms with van der Waals surface area (Å²) in [6.07, 6.45) is 1.80. The third-order valence-corrected chi connectivity index (χ3v) is 1.56. The van der Waals surface area contributed by atoms with Crippen molar-refractivity contribution in [2.45, 2.75) is 11.8 Å². The van der Waals surface area contributed by atoms with Crippen LogP contribution in [-0.4, -0.2) is 4.98 Å². The first-order chi connectivity index (χ1) is 4.30. The number of nitrogens with zero attached hydrogens (tertiary/aromatic N) is 1. The molecule has 1 heterocycles. The van der Waals surface area contributed by atoms with Gasteiger partial charge in [-0.25, -0.2) is 0 Å². The van der Waals surface area contributed by atoms with Gasteiger partial charge in [-0.15, -0.1) is 0 Å². The van der Waals surface area contributed by atoms with Crippen LogP contribution in [-0.2, 0) is 0 Å². The van der Waals surface area contributed by atoms with E-state index in [2.05, 4.69) is 27.8 Å². The molecule has 0 spiro atoms. The molecule has 0 saturated heterocycles. The Kier molecular flexibility index (Phi) is 2.22. The topological polar surface area (TPSA) is 12.9 Å². The Labute approximate surface area is 63.2 Å². The van der Waals surface area contributed by atoms with Crippen LogP contribution < -0.4 is 0 Å². The van der Waals surface area contributed by atoms with Gasteiger partial charge in [-0.2, -0.15) is 0 Å². The highest BCUT2D eigenvalue weighted by Crippen LogP contribution is 2.17. The van der Waals surface area contributed by atoms with E-state index in [1.54, 1.807) is 6.20 Å². The predicted molar refractivity (Wildman–Crippen MR) is 41.6 cm³/mol. The van der Waals surface area contributed by atoms with Crippen molar-refractivity contribution in [3.63, 3.8) is 0 Å². The molecule has 0 aliphatic carbocycles. The molecule has 48 valence electrons. The average Bonchev–Trinajstić information content (AvgIpc) is 1.90. The lowest BCUT2D eigenvalue weighted by Crippen LogP contribution is -1.85. The summed E-state index contributed by atoms with van der Waals surface area (Å²) in [6, 6.07) is 5.90. The maximum atomic E-state index is 4.13. The highest BCUT2D eigenvalue weighted by atomic mass is 79.9. The summed E-state index contributed by atoms with van der Waals surface area (Å²) in [5.74, 6) is 0. The fourth-order valence-corrected chi connectivity index (χ4v) is 0.882. The first kappa shape index (κ1) is 6.75. The summed E-state index contributed by atoms with van der Waals surface area (Å²) in [5, 5.41) is 0. The van der Waals surface area contributed by atoms with Crippen LogP contribution in [0, 0.1) is 0 Å². The average molecular weight is 186 g/mol. The molecule has 0 aliphatic rings. The first-order valence-corrected chi connectivity index (χ1v) is 3.77. The van der Waals surface area contributed by atoms with Crippen molar-refractivity contribution in [1.29, 1.82) is 0 Å². The second-order valence-electron chi connectivity index (χ2n) is 1.87. The number of hydrogen-bond acceptors (Lipinski definition) is 1. The molecule has 0 aliphatic heterocycles. The third-order valence-electron chi connectivity index (χ3n) is 1.10. The lowest BCUT2D eigenvalue weighted by atomic mass is 10.3. The van der Waals surface area contributed by atoms with E-state index in [1.165, 1.54) is 0 Å². The normalized spacial score (nSPS) is 13.1. The molecule has 0 radical (unpaired) electrons. The van der Waals surface area contributed by atoms with Gasteiger partial charge in [0.2, 0.25) is 0 Å². The van der Waals surface area contributed by atoms with E-state index in [0.29, 0.717) is 4.83 Å². The number of halogens is 1. The van der Waals surface area contributed by atoms with Crippen LogP contribution in [0.5, 0.6) is 0 Å². The van der Waals surface area contributed by atoms with Crippen molar-refractivity contribution in [3.05, 3.63) is 30.1 Å². The molecule has 0 amide bonds. The Morgan fingerprint density at radius 2 is 2.33 bits per heavy atom. The fourth-order valence-electron chi connectivity index (χ4n) is 0.611. The first-order valence-electron chi connectivity index (χ1n) is 2.85. The van der Waals surface area contributed by atoms with E-state index in [1.807, 2.05) is 18.2 Å². The Hall–Kier alpha value is -0.370. The van der Waals surface area contributed by atoms with Gasteiger partial charge in [0.25, 0.3) is 0 Å². The van der Waals surface area contributed by atoms with Crippen LogP contribution in [0.4, 0.5) is 0 Å². The van der Waals surface area contributed by atoms with E-state index in [0.717, 1.165) is 5.69 Å². The van der Waals surface area contributed by atoms with E-state index in [-0.39, 0.29) is 0 Å². The summed E-state index contributed by atoms with van der Waals surface area (Å²) in [6.45, 7) is 2.06. The second kappa shape index (κ2) is 2.97. The van der Waals surface area contributed by atoms with Crippen molar-refractivity contribution in [3.8, 4) is 0 Å². The van der Waals surface area contributed by atoms with E-state index < -0.39 is 0 Å². The van der Waals surface area contributed by atoms with Gasteiger partial charge < -0.3 is 0 Å². The molecule has 0 bridgehead atoms. The van der Waals surface area contributed by atoms with Gasteiger partial charge in [0, 0.05) is 6.20 Å². The Bertz CT molecular complexity index is 172. The van der Waals surface area contributed by atoms with Gasteiger partial charge in [-0.3, -0.25) is 4.98 Å². The summed E-state index contributed by atoms with van der Waals surface area (Å²) in [4.78, 5) is 4.49. The molecule has 1 atom stereocenters. The molecule has 1 nitrogen and oxygen atoms in total. The van der Waals surface area contributed by atoms with Gasteiger partial charge in [0.1, 0.15) is 0 Å². The lowest BCUT2D eigenvalue weighted by Gasteiger charge is -1.98. The Morgan fingerprint density at radius 1 is 1.56 bits per heavy atom. The molecule has 0 aromatic carbocycles. The molecule has 1 aromatic rings. The third kappa shape index (κ3) is 1.79. The van der Waals surface area contributed by atoms with Gasteiger partial charge in [-0.05, 0) is 19.1 Å². The number of alkyl halides is 1. The number of pyridine rings is 1. The molecule has 9 heavy (non-hydrogen) atoms. The maximum absolute atomic E-state index is 4.13. The van der Waals surface area contributed by atoms with Crippen LogP contribution in [0.2, 0.25) is 0 Å². The lowest BCUT2D eigenvalue weighted by molar-refractivity contribution is 1.02. The minimum atomic E-state index is 0.360. The van der Waals surface area contributed by atoms with Crippen molar-refractivity contribution in [1.82, 2.24) is 4.98 Å². The number of hydrogen-bond donors (Lipinski definition) is 0. The smallest absolute Gasteiger partial charge is 0.0539 e. The second-order valence-corrected chi connectivity index (χ2v) is 3.24. The van der Waals surface area contributed by atoms with E-state index >= 15 is 0 Å². The minimum Gasteiger partial charge on any atom is -0.260 e. The molecule has 1 rings (SSSR count). The highest BCUT2D eigenvalue weighted by Gasteiger charge is 1.97. The molecular weight excluding hydrogens is 178 g/mol. The predicted octanol–water partition coefficient (Wildman–Crippen LogP) is 2.54. The van der Waals surface area contributed by atoms with Crippen LogP contribution in [0.15, 0.2) is 24.4 Å². The van der Waals surface area contributed by atoms with Gasteiger partial charge in [0.15, 0.2) is 0 Å². The van der Waals surface area contributed by atoms with Crippen molar-refractivity contribution in [2.75, 3.05) is 0 Å².